The van der Waals surface area contributed by atoms with E-state index in [1.165, 1.54) is 0 Å². The zero-order chi connectivity index (χ0) is 13.4. The number of thioether (sulfide) groups is 1. The summed E-state index contributed by atoms with van der Waals surface area (Å²) in [5.41, 5.74) is -0.0139. The molecule has 2 rings (SSSR count). The normalized spacial score (nSPS) is 23.4. The Labute approximate surface area is 113 Å². The van der Waals surface area contributed by atoms with E-state index in [4.69, 9.17) is 0 Å². The van der Waals surface area contributed by atoms with Crippen molar-refractivity contribution in [3.05, 3.63) is 12.5 Å². The Kier molecular flexibility index (Phi) is 3.78. The van der Waals surface area contributed by atoms with Crippen LogP contribution in [-0.4, -0.2) is 35.7 Å². The molecule has 0 aromatic carbocycles. The van der Waals surface area contributed by atoms with Crippen LogP contribution in [-0.2, 0) is 16.4 Å². The van der Waals surface area contributed by atoms with Crippen molar-refractivity contribution < 1.29 is 8.42 Å². The average molecular weight is 288 g/mol. The second kappa shape index (κ2) is 4.89. The third-order valence-electron chi connectivity index (χ3n) is 3.75. The predicted molar refractivity (Wildman–Crippen MR) is 74.5 cm³/mol. The molecule has 0 saturated carbocycles. The van der Waals surface area contributed by atoms with Crippen molar-refractivity contribution in [3.8, 4) is 0 Å². The van der Waals surface area contributed by atoms with E-state index in [9.17, 15) is 8.42 Å². The van der Waals surface area contributed by atoms with Gasteiger partial charge in [0.2, 0.25) is 0 Å². The molecule has 0 N–H and O–H groups in total. The summed E-state index contributed by atoms with van der Waals surface area (Å²) in [5, 5.41) is 1.00. The summed E-state index contributed by atoms with van der Waals surface area (Å²) in [7, 11) is -2.80. The van der Waals surface area contributed by atoms with Gasteiger partial charge in [-0.3, -0.25) is 0 Å². The number of rotatable bonds is 4. The second-order valence-electron chi connectivity index (χ2n) is 5.68. The zero-order valence-corrected chi connectivity index (χ0v) is 12.7. The Bertz CT molecular complexity index is 520. The van der Waals surface area contributed by atoms with Crippen LogP contribution >= 0.6 is 11.8 Å². The molecule has 0 spiro atoms. The maximum Gasteiger partial charge on any atom is 0.150 e. The number of aromatic nitrogens is 2. The molecule has 102 valence electrons. The van der Waals surface area contributed by atoms with Gasteiger partial charge in [-0.2, -0.15) is 0 Å². The molecule has 0 aliphatic carbocycles. The van der Waals surface area contributed by atoms with Gasteiger partial charge in [0.25, 0.3) is 0 Å². The van der Waals surface area contributed by atoms with Gasteiger partial charge in [0.05, 0.1) is 17.8 Å². The lowest BCUT2D eigenvalue weighted by Crippen LogP contribution is -2.29. The number of nitrogens with zero attached hydrogens (tertiary/aromatic N) is 2. The van der Waals surface area contributed by atoms with Crippen LogP contribution in [0.15, 0.2) is 17.6 Å². The quantitative estimate of drug-likeness (QED) is 0.796. The summed E-state index contributed by atoms with van der Waals surface area (Å²) >= 11 is 1.62. The largest absolute Gasteiger partial charge is 0.336 e. The van der Waals surface area contributed by atoms with E-state index in [-0.39, 0.29) is 11.3 Å². The van der Waals surface area contributed by atoms with E-state index in [0.717, 1.165) is 18.0 Å². The maximum atomic E-state index is 11.6. The fourth-order valence-corrected chi connectivity index (χ4v) is 4.98. The maximum absolute atomic E-state index is 11.6. The lowest BCUT2D eigenvalue weighted by atomic mass is 9.78. The average Bonchev–Trinajstić information content (AvgIpc) is 2.84. The topological polar surface area (TPSA) is 52.0 Å². The highest BCUT2D eigenvalue weighted by atomic mass is 32.2. The highest BCUT2D eigenvalue weighted by Crippen LogP contribution is 2.37. The first kappa shape index (κ1) is 13.9. The van der Waals surface area contributed by atoms with E-state index in [2.05, 4.69) is 23.4 Å². The third-order valence-corrected chi connectivity index (χ3v) is 6.14. The Morgan fingerprint density at radius 1 is 1.56 bits per heavy atom. The second-order valence-corrected chi connectivity index (χ2v) is 8.73. The third kappa shape index (κ3) is 3.09. The van der Waals surface area contributed by atoms with E-state index in [0.29, 0.717) is 11.5 Å². The van der Waals surface area contributed by atoms with Crippen LogP contribution in [0.1, 0.15) is 20.3 Å². The molecule has 1 fully saturated rings. The van der Waals surface area contributed by atoms with Gasteiger partial charge < -0.3 is 4.57 Å². The van der Waals surface area contributed by atoms with Crippen molar-refractivity contribution in [2.24, 2.45) is 11.3 Å². The predicted octanol–water partition coefficient (Wildman–Crippen LogP) is 2.07. The first-order valence-corrected chi connectivity index (χ1v) is 9.13. The molecular weight excluding hydrogens is 268 g/mol. The summed E-state index contributed by atoms with van der Waals surface area (Å²) in [6, 6.07) is 0. The smallest absolute Gasteiger partial charge is 0.150 e. The SMILES string of the molecule is CSc1cn(CC(C)(C)C2CCS(=O)(=O)C2)cn1. The number of sulfone groups is 1. The van der Waals surface area contributed by atoms with E-state index in [1.807, 2.05) is 18.8 Å². The van der Waals surface area contributed by atoms with Crippen molar-refractivity contribution in [3.63, 3.8) is 0 Å². The lowest BCUT2D eigenvalue weighted by Gasteiger charge is -2.31. The first-order valence-electron chi connectivity index (χ1n) is 6.08. The molecule has 4 nitrogen and oxygen atoms in total. The standard InChI is InChI=1S/C12H20N2O2S2/c1-12(2,10-4-5-18(15,16)7-10)8-14-6-11(17-3)13-9-14/h6,9-10H,4-5,7-8H2,1-3H3. The van der Waals surface area contributed by atoms with Crippen molar-refractivity contribution in [2.45, 2.75) is 31.8 Å². The van der Waals surface area contributed by atoms with Crippen molar-refractivity contribution in [2.75, 3.05) is 17.8 Å². The van der Waals surface area contributed by atoms with Crippen LogP contribution in [0.4, 0.5) is 0 Å². The molecule has 6 heteroatoms. The van der Waals surface area contributed by atoms with Gasteiger partial charge >= 0.3 is 0 Å². The molecule has 0 radical (unpaired) electrons. The van der Waals surface area contributed by atoms with Crippen LogP contribution < -0.4 is 0 Å². The van der Waals surface area contributed by atoms with Gasteiger partial charge in [0.15, 0.2) is 9.84 Å². The van der Waals surface area contributed by atoms with Crippen molar-refractivity contribution in [1.82, 2.24) is 9.55 Å². The van der Waals surface area contributed by atoms with Gasteiger partial charge in [-0.05, 0) is 24.0 Å². The molecule has 1 aromatic heterocycles. The minimum absolute atomic E-state index is 0.0139. The first-order chi connectivity index (χ1) is 8.32. The molecule has 0 amide bonds. The van der Waals surface area contributed by atoms with Crippen LogP contribution in [0, 0.1) is 11.3 Å². The van der Waals surface area contributed by atoms with E-state index < -0.39 is 9.84 Å². The molecule has 1 aliphatic heterocycles. The highest BCUT2D eigenvalue weighted by molar-refractivity contribution is 7.98. The van der Waals surface area contributed by atoms with Crippen LogP contribution in [0.25, 0.3) is 0 Å². The van der Waals surface area contributed by atoms with Crippen molar-refractivity contribution >= 4 is 21.6 Å². The molecular formula is C12H20N2O2S2. The molecule has 1 atom stereocenters. The van der Waals surface area contributed by atoms with Gasteiger partial charge in [0.1, 0.15) is 5.03 Å². The fourth-order valence-electron chi connectivity index (χ4n) is 2.54. The fraction of sp³-hybridized carbons (Fsp3) is 0.750. The summed E-state index contributed by atoms with van der Waals surface area (Å²) in [4.78, 5) is 4.28. The molecule has 2 heterocycles. The van der Waals surface area contributed by atoms with Gasteiger partial charge in [-0.25, -0.2) is 13.4 Å². The Morgan fingerprint density at radius 3 is 2.78 bits per heavy atom. The zero-order valence-electron chi connectivity index (χ0n) is 11.1. The van der Waals surface area contributed by atoms with Crippen molar-refractivity contribution in [1.29, 1.82) is 0 Å². The molecule has 18 heavy (non-hydrogen) atoms. The Morgan fingerprint density at radius 2 is 2.28 bits per heavy atom. The van der Waals surface area contributed by atoms with E-state index in [1.54, 1.807) is 11.8 Å². The Hall–Kier alpha value is -0.490. The molecule has 1 aromatic rings. The molecule has 0 bridgehead atoms. The van der Waals surface area contributed by atoms with Gasteiger partial charge in [-0.15, -0.1) is 11.8 Å². The minimum atomic E-state index is -2.80. The summed E-state index contributed by atoms with van der Waals surface area (Å²) in [6.45, 7) is 5.12. The minimum Gasteiger partial charge on any atom is -0.336 e. The summed E-state index contributed by atoms with van der Waals surface area (Å²) in [6.07, 6.45) is 6.65. The molecule has 1 saturated heterocycles. The lowest BCUT2D eigenvalue weighted by molar-refractivity contribution is 0.199. The Balaban J connectivity index is 2.07. The number of hydrogen-bond donors (Lipinski definition) is 0. The van der Waals surface area contributed by atoms with Crippen LogP contribution in [0.3, 0.4) is 0 Å². The van der Waals surface area contributed by atoms with Gasteiger partial charge in [-0.1, -0.05) is 13.8 Å². The highest BCUT2D eigenvalue weighted by Gasteiger charge is 2.38. The van der Waals surface area contributed by atoms with Crippen LogP contribution in [0.2, 0.25) is 0 Å². The molecule has 1 aliphatic rings. The monoisotopic (exact) mass is 288 g/mol. The van der Waals surface area contributed by atoms with E-state index >= 15 is 0 Å². The van der Waals surface area contributed by atoms with Crippen LogP contribution in [0.5, 0.6) is 0 Å². The van der Waals surface area contributed by atoms with Gasteiger partial charge in [0, 0.05) is 12.7 Å². The molecule has 1 unspecified atom stereocenters. The number of hydrogen-bond acceptors (Lipinski definition) is 4. The summed E-state index contributed by atoms with van der Waals surface area (Å²) in [5.74, 6) is 0.938. The number of imidazole rings is 1. The summed E-state index contributed by atoms with van der Waals surface area (Å²) < 4.78 is 25.2.